The summed E-state index contributed by atoms with van der Waals surface area (Å²) in [5, 5.41) is 11.6. The van der Waals surface area contributed by atoms with E-state index in [1.165, 1.54) is 12.3 Å². The van der Waals surface area contributed by atoms with Crippen LogP contribution >= 0.6 is 0 Å². The van der Waals surface area contributed by atoms with Crippen LogP contribution < -0.4 is 5.32 Å². The van der Waals surface area contributed by atoms with Crippen LogP contribution in [0.3, 0.4) is 0 Å². The second-order valence-electron chi connectivity index (χ2n) is 6.11. The molecule has 1 heterocycles. The van der Waals surface area contributed by atoms with Gasteiger partial charge in [-0.2, -0.15) is 5.26 Å². The molecule has 0 bridgehead atoms. The molecule has 6 nitrogen and oxygen atoms in total. The fraction of sp³-hybridized carbons (Fsp3) is 0.136. The van der Waals surface area contributed by atoms with Gasteiger partial charge < -0.3 is 14.5 Å². The number of carbonyl (C=O) groups is 2. The summed E-state index contributed by atoms with van der Waals surface area (Å²) < 4.78 is 10.5. The number of nitrogens with one attached hydrogen (secondary N) is 1. The second kappa shape index (κ2) is 9.19. The highest BCUT2D eigenvalue weighted by molar-refractivity contribution is 5.94. The molecule has 0 fully saturated rings. The lowest BCUT2D eigenvalue weighted by molar-refractivity contribution is -0.147. The quantitative estimate of drug-likeness (QED) is 0.641. The van der Waals surface area contributed by atoms with E-state index in [2.05, 4.69) is 5.32 Å². The van der Waals surface area contributed by atoms with Gasteiger partial charge in [0.25, 0.3) is 5.91 Å². The fourth-order valence-corrected chi connectivity index (χ4v) is 2.67. The first-order valence-corrected chi connectivity index (χ1v) is 8.69. The molecule has 1 aromatic heterocycles. The van der Waals surface area contributed by atoms with Crippen molar-refractivity contribution in [2.75, 3.05) is 0 Å². The molecule has 140 valence electrons. The smallest absolute Gasteiger partial charge is 0.329 e. The maximum absolute atomic E-state index is 12.6. The maximum Gasteiger partial charge on any atom is 0.329 e. The van der Waals surface area contributed by atoms with E-state index in [1.807, 2.05) is 36.4 Å². The minimum atomic E-state index is -0.876. The SMILES string of the molecule is N#Cc1cccc(COC(=O)[C@@H](Cc2ccccc2)NC(=O)c2ccco2)c1. The zero-order chi connectivity index (χ0) is 19.8. The highest BCUT2D eigenvalue weighted by Gasteiger charge is 2.24. The molecule has 0 radical (unpaired) electrons. The molecule has 2 aromatic carbocycles. The van der Waals surface area contributed by atoms with E-state index in [-0.39, 0.29) is 18.8 Å². The summed E-state index contributed by atoms with van der Waals surface area (Å²) in [5.41, 5.74) is 2.07. The van der Waals surface area contributed by atoms with E-state index in [9.17, 15) is 9.59 Å². The van der Waals surface area contributed by atoms with Gasteiger partial charge in [-0.05, 0) is 35.4 Å². The van der Waals surface area contributed by atoms with Crippen molar-refractivity contribution in [3.63, 3.8) is 0 Å². The zero-order valence-corrected chi connectivity index (χ0v) is 15.0. The average molecular weight is 374 g/mol. The number of amides is 1. The Hall–Kier alpha value is -3.85. The number of ether oxygens (including phenoxy) is 1. The van der Waals surface area contributed by atoms with Gasteiger partial charge in [-0.1, -0.05) is 42.5 Å². The summed E-state index contributed by atoms with van der Waals surface area (Å²) >= 11 is 0. The molecule has 0 aliphatic rings. The van der Waals surface area contributed by atoms with Gasteiger partial charge in [0.1, 0.15) is 12.6 Å². The van der Waals surface area contributed by atoms with E-state index >= 15 is 0 Å². The molecule has 28 heavy (non-hydrogen) atoms. The number of benzene rings is 2. The van der Waals surface area contributed by atoms with Crippen LogP contribution in [-0.4, -0.2) is 17.9 Å². The summed E-state index contributed by atoms with van der Waals surface area (Å²) in [6.45, 7) is 0.0102. The van der Waals surface area contributed by atoms with Gasteiger partial charge in [0.05, 0.1) is 17.9 Å². The Kier molecular flexibility index (Phi) is 6.21. The van der Waals surface area contributed by atoms with Gasteiger partial charge in [0.15, 0.2) is 5.76 Å². The second-order valence-corrected chi connectivity index (χ2v) is 6.11. The van der Waals surface area contributed by atoms with Gasteiger partial charge in [-0.15, -0.1) is 0 Å². The Labute approximate surface area is 162 Å². The number of esters is 1. The standard InChI is InChI=1S/C22H18N2O4/c23-14-17-8-4-9-18(12-17)15-28-22(26)19(13-16-6-2-1-3-7-16)24-21(25)20-10-5-11-27-20/h1-12,19H,13,15H2,(H,24,25)/t19-/m1/s1. The number of hydrogen-bond donors (Lipinski definition) is 1. The third-order valence-electron chi connectivity index (χ3n) is 4.05. The normalized spacial score (nSPS) is 11.2. The van der Waals surface area contributed by atoms with Crippen molar-refractivity contribution in [3.05, 3.63) is 95.4 Å². The monoisotopic (exact) mass is 374 g/mol. The van der Waals surface area contributed by atoms with Crippen LogP contribution in [0.5, 0.6) is 0 Å². The summed E-state index contributed by atoms with van der Waals surface area (Å²) in [6.07, 6.45) is 1.67. The lowest BCUT2D eigenvalue weighted by Crippen LogP contribution is -2.43. The van der Waals surface area contributed by atoms with Crippen molar-refractivity contribution < 1.29 is 18.7 Å². The topological polar surface area (TPSA) is 92.3 Å². The summed E-state index contributed by atoms with van der Waals surface area (Å²) in [4.78, 5) is 25.0. The number of nitriles is 1. The Morgan fingerprint density at radius 1 is 1.04 bits per heavy atom. The molecule has 0 saturated heterocycles. The molecule has 0 aliphatic carbocycles. The van der Waals surface area contributed by atoms with Crippen molar-refractivity contribution in [3.8, 4) is 6.07 Å². The van der Waals surface area contributed by atoms with E-state index in [0.29, 0.717) is 11.1 Å². The molecule has 0 aliphatic heterocycles. The molecule has 0 spiro atoms. The van der Waals surface area contributed by atoms with E-state index in [0.717, 1.165) is 5.56 Å². The Balaban J connectivity index is 1.70. The Morgan fingerprint density at radius 2 is 1.82 bits per heavy atom. The van der Waals surface area contributed by atoms with Crippen LogP contribution in [0.2, 0.25) is 0 Å². The average Bonchev–Trinajstić information content (AvgIpc) is 3.27. The molecular weight excluding hydrogens is 356 g/mol. The Bertz CT molecular complexity index is 975. The van der Waals surface area contributed by atoms with Crippen LogP contribution in [0.4, 0.5) is 0 Å². The van der Waals surface area contributed by atoms with E-state index < -0.39 is 17.9 Å². The first kappa shape index (κ1) is 18.9. The maximum atomic E-state index is 12.6. The van der Waals surface area contributed by atoms with Crippen molar-refractivity contribution in [1.82, 2.24) is 5.32 Å². The van der Waals surface area contributed by atoms with E-state index in [1.54, 1.807) is 30.3 Å². The summed E-state index contributed by atoms with van der Waals surface area (Å²) in [6, 6.07) is 20.4. The van der Waals surface area contributed by atoms with Gasteiger partial charge in [-0.3, -0.25) is 4.79 Å². The first-order valence-electron chi connectivity index (χ1n) is 8.69. The predicted molar refractivity (Wildman–Crippen MR) is 101 cm³/mol. The molecule has 6 heteroatoms. The number of nitrogens with zero attached hydrogens (tertiary/aromatic N) is 1. The largest absolute Gasteiger partial charge is 0.459 e. The molecule has 1 N–H and O–H groups in total. The van der Waals surface area contributed by atoms with Gasteiger partial charge in [0.2, 0.25) is 0 Å². The zero-order valence-electron chi connectivity index (χ0n) is 15.0. The number of rotatable bonds is 7. The van der Waals surface area contributed by atoms with Crippen molar-refractivity contribution in [1.29, 1.82) is 5.26 Å². The van der Waals surface area contributed by atoms with Crippen LogP contribution in [0.1, 0.15) is 27.2 Å². The number of furan rings is 1. The summed E-state index contributed by atoms with van der Waals surface area (Å²) in [5.74, 6) is -0.937. The molecular formula is C22H18N2O4. The van der Waals surface area contributed by atoms with Crippen molar-refractivity contribution in [2.45, 2.75) is 19.1 Å². The minimum Gasteiger partial charge on any atom is -0.459 e. The lowest BCUT2D eigenvalue weighted by atomic mass is 10.1. The highest BCUT2D eigenvalue weighted by Crippen LogP contribution is 2.10. The van der Waals surface area contributed by atoms with Crippen LogP contribution in [-0.2, 0) is 22.6 Å². The first-order chi connectivity index (χ1) is 13.7. The van der Waals surface area contributed by atoms with Crippen molar-refractivity contribution in [2.24, 2.45) is 0 Å². The lowest BCUT2D eigenvalue weighted by Gasteiger charge is -2.17. The number of hydrogen-bond acceptors (Lipinski definition) is 5. The molecule has 1 atom stereocenters. The van der Waals surface area contributed by atoms with Crippen LogP contribution in [0, 0.1) is 11.3 Å². The molecule has 0 saturated carbocycles. The molecule has 3 aromatic rings. The fourth-order valence-electron chi connectivity index (χ4n) is 2.67. The Morgan fingerprint density at radius 3 is 2.54 bits per heavy atom. The van der Waals surface area contributed by atoms with Crippen LogP contribution in [0.15, 0.2) is 77.4 Å². The number of carbonyl (C=O) groups excluding carboxylic acids is 2. The van der Waals surface area contributed by atoms with Gasteiger partial charge >= 0.3 is 5.97 Å². The van der Waals surface area contributed by atoms with Crippen molar-refractivity contribution >= 4 is 11.9 Å². The third-order valence-corrected chi connectivity index (χ3v) is 4.05. The van der Waals surface area contributed by atoms with Gasteiger partial charge in [0, 0.05) is 6.42 Å². The van der Waals surface area contributed by atoms with Gasteiger partial charge in [-0.25, -0.2) is 4.79 Å². The third kappa shape index (κ3) is 5.08. The highest BCUT2D eigenvalue weighted by atomic mass is 16.5. The van der Waals surface area contributed by atoms with Crippen LogP contribution in [0.25, 0.3) is 0 Å². The predicted octanol–water partition coefficient (Wildman–Crippen LogP) is 3.24. The minimum absolute atomic E-state index is 0.0102. The molecule has 1 amide bonds. The molecule has 3 rings (SSSR count). The molecule has 0 unspecified atom stereocenters. The van der Waals surface area contributed by atoms with E-state index in [4.69, 9.17) is 14.4 Å². The summed E-state index contributed by atoms with van der Waals surface area (Å²) in [7, 11) is 0.